The standard InChI is InChI=1S/C14H17BrN2O/c15-13-8-6-11(7-9-13)10-16-17-14(18)12-4-2-1-3-5-12/h6-10,12H,1-5H2,(H,17,18). The van der Waals surface area contributed by atoms with Crippen molar-refractivity contribution in [2.24, 2.45) is 11.0 Å². The number of nitrogens with one attached hydrogen (secondary N) is 1. The Bertz CT molecular complexity index is 422. The van der Waals surface area contributed by atoms with Crippen LogP contribution in [0, 0.1) is 5.92 Å². The maximum atomic E-state index is 11.8. The van der Waals surface area contributed by atoms with Crippen molar-refractivity contribution in [2.75, 3.05) is 0 Å². The van der Waals surface area contributed by atoms with Gasteiger partial charge in [-0.05, 0) is 30.5 Å². The van der Waals surface area contributed by atoms with Crippen molar-refractivity contribution in [2.45, 2.75) is 32.1 Å². The Morgan fingerprint density at radius 2 is 1.89 bits per heavy atom. The lowest BCUT2D eigenvalue weighted by Gasteiger charge is -2.19. The van der Waals surface area contributed by atoms with Crippen LogP contribution in [0.1, 0.15) is 37.7 Å². The number of carbonyl (C=O) groups is 1. The van der Waals surface area contributed by atoms with Gasteiger partial charge in [0.1, 0.15) is 0 Å². The van der Waals surface area contributed by atoms with Crippen molar-refractivity contribution >= 4 is 28.1 Å². The molecule has 4 heteroatoms. The topological polar surface area (TPSA) is 41.5 Å². The minimum atomic E-state index is 0.0584. The van der Waals surface area contributed by atoms with Gasteiger partial charge in [-0.25, -0.2) is 5.43 Å². The molecule has 0 radical (unpaired) electrons. The van der Waals surface area contributed by atoms with Gasteiger partial charge in [0.2, 0.25) is 5.91 Å². The van der Waals surface area contributed by atoms with Gasteiger partial charge in [0.25, 0.3) is 0 Å². The molecule has 0 unspecified atom stereocenters. The van der Waals surface area contributed by atoms with Crippen LogP contribution in [-0.4, -0.2) is 12.1 Å². The molecule has 1 aliphatic rings. The average Bonchev–Trinajstić information content (AvgIpc) is 2.42. The van der Waals surface area contributed by atoms with E-state index in [1.165, 1.54) is 6.42 Å². The number of benzene rings is 1. The van der Waals surface area contributed by atoms with E-state index >= 15 is 0 Å². The van der Waals surface area contributed by atoms with Crippen molar-refractivity contribution < 1.29 is 4.79 Å². The molecule has 1 saturated carbocycles. The molecule has 0 heterocycles. The van der Waals surface area contributed by atoms with Gasteiger partial charge in [-0.2, -0.15) is 5.10 Å². The Balaban J connectivity index is 1.83. The Hall–Kier alpha value is -1.16. The molecule has 1 aromatic rings. The molecule has 1 N–H and O–H groups in total. The van der Waals surface area contributed by atoms with Crippen LogP contribution >= 0.6 is 15.9 Å². The molecule has 0 atom stereocenters. The molecule has 0 spiro atoms. The predicted octanol–water partition coefficient (Wildman–Crippen LogP) is 3.48. The summed E-state index contributed by atoms with van der Waals surface area (Å²) in [5, 5.41) is 4.01. The number of hydrogen-bond donors (Lipinski definition) is 1. The van der Waals surface area contributed by atoms with Crippen LogP contribution in [0.2, 0.25) is 0 Å². The van der Waals surface area contributed by atoms with Crippen molar-refractivity contribution in [1.82, 2.24) is 5.43 Å². The lowest BCUT2D eigenvalue weighted by molar-refractivity contribution is -0.125. The van der Waals surface area contributed by atoms with E-state index in [0.29, 0.717) is 0 Å². The first-order valence-electron chi connectivity index (χ1n) is 6.34. The van der Waals surface area contributed by atoms with Crippen molar-refractivity contribution in [3.8, 4) is 0 Å². The van der Waals surface area contributed by atoms with E-state index in [1.54, 1.807) is 6.21 Å². The number of amides is 1. The minimum absolute atomic E-state index is 0.0584. The summed E-state index contributed by atoms with van der Waals surface area (Å²) in [6.07, 6.45) is 7.25. The van der Waals surface area contributed by atoms with Gasteiger partial charge in [0, 0.05) is 10.4 Å². The van der Waals surface area contributed by atoms with E-state index in [1.807, 2.05) is 24.3 Å². The second-order valence-corrected chi connectivity index (χ2v) is 5.54. The number of halogens is 1. The quantitative estimate of drug-likeness (QED) is 0.674. The molecule has 18 heavy (non-hydrogen) atoms. The second-order valence-electron chi connectivity index (χ2n) is 4.62. The molecular formula is C14H17BrN2O. The SMILES string of the molecule is O=C(NN=Cc1ccc(Br)cc1)C1CCCCC1. The highest BCUT2D eigenvalue weighted by atomic mass is 79.9. The third kappa shape index (κ3) is 3.95. The summed E-state index contributed by atoms with van der Waals surface area (Å²) in [5.74, 6) is 0.212. The zero-order valence-corrected chi connectivity index (χ0v) is 11.8. The molecule has 0 saturated heterocycles. The van der Waals surface area contributed by atoms with Gasteiger partial charge >= 0.3 is 0 Å². The molecule has 1 aliphatic carbocycles. The Morgan fingerprint density at radius 3 is 2.56 bits per heavy atom. The third-order valence-electron chi connectivity index (χ3n) is 3.23. The van der Waals surface area contributed by atoms with Crippen LogP contribution in [0.5, 0.6) is 0 Å². The summed E-state index contributed by atoms with van der Waals surface area (Å²) in [6.45, 7) is 0. The predicted molar refractivity (Wildman–Crippen MR) is 76.5 cm³/mol. The highest BCUT2D eigenvalue weighted by molar-refractivity contribution is 9.10. The fourth-order valence-electron chi connectivity index (χ4n) is 2.18. The van der Waals surface area contributed by atoms with E-state index in [2.05, 4.69) is 26.5 Å². The first kappa shape index (κ1) is 13.3. The van der Waals surface area contributed by atoms with Crippen LogP contribution in [-0.2, 0) is 4.79 Å². The van der Waals surface area contributed by atoms with Crippen LogP contribution in [0.15, 0.2) is 33.8 Å². The zero-order chi connectivity index (χ0) is 12.8. The normalized spacial score (nSPS) is 16.9. The summed E-state index contributed by atoms with van der Waals surface area (Å²) in [4.78, 5) is 11.8. The van der Waals surface area contributed by atoms with Crippen LogP contribution in [0.4, 0.5) is 0 Å². The molecular weight excluding hydrogens is 292 g/mol. The number of hydrazone groups is 1. The van der Waals surface area contributed by atoms with Crippen LogP contribution in [0.3, 0.4) is 0 Å². The highest BCUT2D eigenvalue weighted by Crippen LogP contribution is 2.23. The van der Waals surface area contributed by atoms with E-state index in [0.717, 1.165) is 35.7 Å². The fourth-order valence-corrected chi connectivity index (χ4v) is 2.44. The summed E-state index contributed by atoms with van der Waals surface area (Å²) >= 11 is 3.37. The van der Waals surface area contributed by atoms with E-state index in [4.69, 9.17) is 0 Å². The molecule has 3 nitrogen and oxygen atoms in total. The maximum Gasteiger partial charge on any atom is 0.243 e. The van der Waals surface area contributed by atoms with Gasteiger partial charge < -0.3 is 0 Å². The molecule has 1 aromatic carbocycles. The van der Waals surface area contributed by atoms with E-state index in [-0.39, 0.29) is 11.8 Å². The largest absolute Gasteiger partial charge is 0.273 e. The van der Waals surface area contributed by atoms with Crippen LogP contribution in [0.25, 0.3) is 0 Å². The molecule has 96 valence electrons. The van der Waals surface area contributed by atoms with Gasteiger partial charge in [-0.15, -0.1) is 0 Å². The fraction of sp³-hybridized carbons (Fsp3) is 0.429. The highest BCUT2D eigenvalue weighted by Gasteiger charge is 2.20. The third-order valence-corrected chi connectivity index (χ3v) is 3.76. The number of hydrogen-bond acceptors (Lipinski definition) is 2. The zero-order valence-electron chi connectivity index (χ0n) is 10.2. The summed E-state index contributed by atoms with van der Waals surface area (Å²) in [7, 11) is 0. The first-order chi connectivity index (χ1) is 8.75. The van der Waals surface area contributed by atoms with Gasteiger partial charge in [0.05, 0.1) is 6.21 Å². The van der Waals surface area contributed by atoms with Gasteiger partial charge in [-0.3, -0.25) is 4.79 Å². The number of carbonyl (C=O) groups excluding carboxylic acids is 1. The van der Waals surface area contributed by atoms with Gasteiger partial charge in [-0.1, -0.05) is 47.3 Å². The van der Waals surface area contributed by atoms with E-state index < -0.39 is 0 Å². The average molecular weight is 309 g/mol. The smallest absolute Gasteiger partial charge is 0.243 e. The number of nitrogens with zero attached hydrogens (tertiary/aromatic N) is 1. The lowest BCUT2D eigenvalue weighted by Crippen LogP contribution is -2.28. The van der Waals surface area contributed by atoms with Crippen molar-refractivity contribution in [1.29, 1.82) is 0 Å². The van der Waals surface area contributed by atoms with Crippen molar-refractivity contribution in [3.05, 3.63) is 34.3 Å². The molecule has 0 aromatic heterocycles. The Morgan fingerprint density at radius 1 is 1.22 bits per heavy atom. The Kier molecular flexibility index (Phi) is 4.93. The lowest BCUT2D eigenvalue weighted by atomic mass is 9.89. The molecule has 0 bridgehead atoms. The second kappa shape index (κ2) is 6.69. The first-order valence-corrected chi connectivity index (χ1v) is 7.13. The summed E-state index contributed by atoms with van der Waals surface area (Å²) in [5.41, 5.74) is 3.61. The molecule has 2 rings (SSSR count). The minimum Gasteiger partial charge on any atom is -0.273 e. The summed E-state index contributed by atoms with van der Waals surface area (Å²) in [6, 6.07) is 7.79. The van der Waals surface area contributed by atoms with E-state index in [9.17, 15) is 4.79 Å². The maximum absolute atomic E-state index is 11.8. The Labute approximate surface area is 116 Å². The van der Waals surface area contributed by atoms with Crippen LogP contribution < -0.4 is 5.43 Å². The van der Waals surface area contributed by atoms with Gasteiger partial charge in [0.15, 0.2) is 0 Å². The summed E-state index contributed by atoms with van der Waals surface area (Å²) < 4.78 is 1.03. The monoisotopic (exact) mass is 308 g/mol. The molecule has 0 aliphatic heterocycles. The molecule has 1 fully saturated rings. The number of rotatable bonds is 3. The molecule has 1 amide bonds. The van der Waals surface area contributed by atoms with Crippen molar-refractivity contribution in [3.63, 3.8) is 0 Å².